The van der Waals surface area contributed by atoms with Crippen LogP contribution in [0.5, 0.6) is 5.75 Å². The lowest BCUT2D eigenvalue weighted by atomic mass is 10.1. The van der Waals surface area contributed by atoms with Gasteiger partial charge in [0.2, 0.25) is 5.91 Å². The van der Waals surface area contributed by atoms with Gasteiger partial charge in [0.15, 0.2) is 11.6 Å². The summed E-state index contributed by atoms with van der Waals surface area (Å²) in [5, 5.41) is 11.9. The maximum Gasteiger partial charge on any atom is 0.239 e. The van der Waals surface area contributed by atoms with Crippen molar-refractivity contribution in [3.05, 3.63) is 29.6 Å². The van der Waals surface area contributed by atoms with Crippen LogP contribution >= 0.6 is 0 Å². The Bertz CT molecular complexity index is 382. The van der Waals surface area contributed by atoms with Crippen molar-refractivity contribution in [3.63, 3.8) is 0 Å². The van der Waals surface area contributed by atoms with E-state index in [9.17, 15) is 9.18 Å². The molecule has 1 unspecified atom stereocenters. The van der Waals surface area contributed by atoms with Crippen molar-refractivity contribution in [2.75, 3.05) is 6.54 Å². The van der Waals surface area contributed by atoms with Gasteiger partial charge in [-0.2, -0.15) is 0 Å². The SMILES string of the molecule is CCCNC(C(N)=O)c1ccc(O)c(F)c1. The van der Waals surface area contributed by atoms with E-state index in [0.717, 1.165) is 12.5 Å². The molecule has 0 aliphatic rings. The number of halogens is 1. The number of benzene rings is 1. The first kappa shape index (κ1) is 12.4. The Morgan fingerprint density at radius 1 is 1.62 bits per heavy atom. The van der Waals surface area contributed by atoms with E-state index in [0.29, 0.717) is 12.1 Å². The number of aromatic hydroxyl groups is 1. The Morgan fingerprint density at radius 3 is 2.81 bits per heavy atom. The van der Waals surface area contributed by atoms with Crippen LogP contribution in [0.1, 0.15) is 24.9 Å². The number of phenols is 1. The Hall–Kier alpha value is -1.62. The summed E-state index contributed by atoms with van der Waals surface area (Å²) in [5.74, 6) is -1.77. The quantitative estimate of drug-likeness (QED) is 0.702. The van der Waals surface area contributed by atoms with E-state index in [1.807, 2.05) is 6.92 Å². The molecule has 0 radical (unpaired) electrons. The standard InChI is InChI=1S/C11H15FN2O2/c1-2-5-14-10(11(13)16)7-3-4-9(15)8(12)6-7/h3-4,6,10,14-15H,2,5H2,1H3,(H2,13,16). The number of amides is 1. The topological polar surface area (TPSA) is 75.3 Å². The molecule has 5 heteroatoms. The lowest BCUT2D eigenvalue weighted by molar-refractivity contribution is -0.120. The van der Waals surface area contributed by atoms with Crippen LogP contribution < -0.4 is 11.1 Å². The molecule has 0 saturated heterocycles. The lowest BCUT2D eigenvalue weighted by Gasteiger charge is -2.15. The first-order chi connectivity index (χ1) is 7.56. The molecule has 0 heterocycles. The van der Waals surface area contributed by atoms with Crippen molar-refractivity contribution < 1.29 is 14.3 Å². The number of carbonyl (C=O) groups excluding carboxylic acids is 1. The van der Waals surface area contributed by atoms with Gasteiger partial charge in [0.25, 0.3) is 0 Å². The highest BCUT2D eigenvalue weighted by atomic mass is 19.1. The highest BCUT2D eigenvalue weighted by molar-refractivity contribution is 5.81. The van der Waals surface area contributed by atoms with E-state index in [-0.39, 0.29) is 0 Å². The normalized spacial score (nSPS) is 12.4. The van der Waals surface area contributed by atoms with Crippen LogP contribution in [0.25, 0.3) is 0 Å². The number of hydrogen-bond donors (Lipinski definition) is 3. The monoisotopic (exact) mass is 226 g/mol. The molecule has 1 aromatic carbocycles. The van der Waals surface area contributed by atoms with Crippen molar-refractivity contribution in [1.29, 1.82) is 0 Å². The van der Waals surface area contributed by atoms with Crippen LogP contribution in [0.2, 0.25) is 0 Å². The van der Waals surface area contributed by atoms with E-state index in [1.165, 1.54) is 12.1 Å². The van der Waals surface area contributed by atoms with Crippen molar-refractivity contribution in [3.8, 4) is 5.75 Å². The summed E-state index contributed by atoms with van der Waals surface area (Å²) in [7, 11) is 0. The number of hydrogen-bond acceptors (Lipinski definition) is 3. The van der Waals surface area contributed by atoms with Gasteiger partial charge >= 0.3 is 0 Å². The number of nitrogens with two attached hydrogens (primary N) is 1. The summed E-state index contributed by atoms with van der Waals surface area (Å²) in [6.45, 7) is 2.55. The molecule has 0 aliphatic carbocycles. The van der Waals surface area contributed by atoms with Crippen LogP contribution in [0.4, 0.5) is 4.39 Å². The fourth-order valence-corrected chi connectivity index (χ4v) is 1.37. The second-order valence-corrected chi connectivity index (χ2v) is 3.50. The molecular weight excluding hydrogens is 211 g/mol. The van der Waals surface area contributed by atoms with Crippen molar-refractivity contribution in [2.45, 2.75) is 19.4 Å². The molecule has 0 aliphatic heterocycles. The maximum atomic E-state index is 13.1. The second-order valence-electron chi connectivity index (χ2n) is 3.50. The zero-order chi connectivity index (χ0) is 12.1. The summed E-state index contributed by atoms with van der Waals surface area (Å²) in [5.41, 5.74) is 5.62. The molecule has 0 saturated carbocycles. The van der Waals surface area contributed by atoms with Gasteiger partial charge in [-0.05, 0) is 30.7 Å². The Kier molecular flexibility index (Phi) is 4.25. The average molecular weight is 226 g/mol. The predicted molar refractivity (Wildman–Crippen MR) is 58.3 cm³/mol. The number of rotatable bonds is 5. The van der Waals surface area contributed by atoms with Crippen molar-refractivity contribution in [1.82, 2.24) is 5.32 Å². The summed E-state index contributed by atoms with van der Waals surface area (Å²) >= 11 is 0. The third kappa shape index (κ3) is 2.93. The minimum absolute atomic E-state index is 0.413. The molecule has 1 amide bonds. The summed E-state index contributed by atoms with van der Waals surface area (Å²) in [6, 6.07) is 3.05. The Labute approximate surface area is 93.3 Å². The number of phenolic OH excluding ortho intramolecular Hbond substituents is 1. The second kappa shape index (κ2) is 5.46. The number of carbonyl (C=O) groups is 1. The fraction of sp³-hybridized carbons (Fsp3) is 0.364. The molecule has 0 fully saturated rings. The lowest BCUT2D eigenvalue weighted by Crippen LogP contribution is -2.34. The van der Waals surface area contributed by atoms with E-state index in [2.05, 4.69) is 5.32 Å². The molecule has 16 heavy (non-hydrogen) atoms. The summed E-state index contributed by atoms with van der Waals surface area (Å²) in [6.07, 6.45) is 0.838. The number of nitrogens with one attached hydrogen (secondary N) is 1. The molecule has 4 N–H and O–H groups in total. The van der Waals surface area contributed by atoms with Crippen LogP contribution in [-0.2, 0) is 4.79 Å². The van der Waals surface area contributed by atoms with E-state index >= 15 is 0 Å². The van der Waals surface area contributed by atoms with Gasteiger partial charge in [-0.1, -0.05) is 13.0 Å². The van der Waals surface area contributed by atoms with Crippen LogP contribution in [0.3, 0.4) is 0 Å². The fourth-order valence-electron chi connectivity index (χ4n) is 1.37. The Balaban J connectivity index is 2.92. The van der Waals surface area contributed by atoms with Crippen LogP contribution in [0.15, 0.2) is 18.2 Å². The van der Waals surface area contributed by atoms with Gasteiger partial charge < -0.3 is 16.2 Å². The third-order valence-corrected chi connectivity index (χ3v) is 2.19. The summed E-state index contributed by atoms with van der Waals surface area (Å²) in [4.78, 5) is 11.2. The smallest absolute Gasteiger partial charge is 0.239 e. The van der Waals surface area contributed by atoms with Crippen LogP contribution in [0, 0.1) is 5.82 Å². The largest absolute Gasteiger partial charge is 0.505 e. The zero-order valence-corrected chi connectivity index (χ0v) is 9.03. The molecular formula is C11H15FN2O2. The molecule has 1 atom stereocenters. The van der Waals surface area contributed by atoms with Gasteiger partial charge in [0, 0.05) is 0 Å². The van der Waals surface area contributed by atoms with Gasteiger partial charge in [-0.3, -0.25) is 4.79 Å². The van der Waals surface area contributed by atoms with Gasteiger partial charge in [0.1, 0.15) is 6.04 Å². The van der Waals surface area contributed by atoms with E-state index in [4.69, 9.17) is 10.8 Å². The van der Waals surface area contributed by atoms with Crippen molar-refractivity contribution >= 4 is 5.91 Å². The molecule has 4 nitrogen and oxygen atoms in total. The molecule has 0 bridgehead atoms. The Morgan fingerprint density at radius 2 is 2.31 bits per heavy atom. The maximum absolute atomic E-state index is 13.1. The molecule has 1 rings (SSSR count). The minimum atomic E-state index is -0.762. The number of primary amides is 1. The molecule has 0 spiro atoms. The predicted octanol–water partition coefficient (Wildman–Crippen LogP) is 1.06. The molecule has 1 aromatic rings. The zero-order valence-electron chi connectivity index (χ0n) is 9.03. The minimum Gasteiger partial charge on any atom is -0.505 e. The third-order valence-electron chi connectivity index (χ3n) is 2.19. The van der Waals surface area contributed by atoms with Gasteiger partial charge in [0.05, 0.1) is 0 Å². The van der Waals surface area contributed by atoms with Crippen molar-refractivity contribution in [2.24, 2.45) is 5.73 Å². The molecule has 0 aromatic heterocycles. The van der Waals surface area contributed by atoms with Gasteiger partial charge in [-0.25, -0.2) is 4.39 Å². The highest BCUT2D eigenvalue weighted by Gasteiger charge is 2.17. The van der Waals surface area contributed by atoms with E-state index < -0.39 is 23.5 Å². The van der Waals surface area contributed by atoms with Gasteiger partial charge in [-0.15, -0.1) is 0 Å². The van der Waals surface area contributed by atoms with Crippen LogP contribution in [-0.4, -0.2) is 17.6 Å². The van der Waals surface area contributed by atoms with E-state index in [1.54, 1.807) is 0 Å². The highest BCUT2D eigenvalue weighted by Crippen LogP contribution is 2.20. The summed E-state index contributed by atoms with van der Waals surface area (Å²) < 4.78 is 13.1. The molecule has 88 valence electrons. The first-order valence-electron chi connectivity index (χ1n) is 5.07. The average Bonchev–Trinajstić information content (AvgIpc) is 2.23. The first-order valence-corrected chi connectivity index (χ1v) is 5.07.